The van der Waals surface area contributed by atoms with E-state index in [9.17, 15) is 0 Å². The Morgan fingerprint density at radius 3 is 2.35 bits per heavy atom. The molecule has 0 aliphatic carbocycles. The van der Waals surface area contributed by atoms with Gasteiger partial charge in [-0.25, -0.2) is 4.98 Å². The molecule has 0 fully saturated rings. The smallest absolute Gasteiger partial charge is 0.133 e. The molecule has 0 bridgehead atoms. The Balaban J connectivity index is 2.11. The van der Waals surface area contributed by atoms with Crippen molar-refractivity contribution < 1.29 is 9.47 Å². The van der Waals surface area contributed by atoms with E-state index >= 15 is 0 Å². The molecule has 1 aromatic carbocycles. The lowest BCUT2D eigenvalue weighted by atomic mass is 10.2. The fourth-order valence-electron chi connectivity index (χ4n) is 2.02. The van der Waals surface area contributed by atoms with Crippen molar-refractivity contribution in [3.63, 3.8) is 0 Å². The predicted molar refractivity (Wildman–Crippen MR) is 80.6 cm³/mol. The first kappa shape index (κ1) is 14.2. The van der Waals surface area contributed by atoms with E-state index < -0.39 is 0 Å². The maximum atomic E-state index is 5.35. The molecule has 4 nitrogen and oxygen atoms in total. The lowest BCUT2D eigenvalue weighted by molar-refractivity contribution is 0.411. The summed E-state index contributed by atoms with van der Waals surface area (Å²) in [5.41, 5.74) is 3.13. The SMILES string of the molecule is COc1ccc(CNc2nc(C)cc(OC)c2C)cc1. The molecule has 4 heteroatoms. The number of methoxy groups -OCH3 is 2. The van der Waals surface area contributed by atoms with Crippen LogP contribution in [0.4, 0.5) is 5.82 Å². The zero-order valence-corrected chi connectivity index (χ0v) is 12.4. The number of aromatic nitrogens is 1. The fourth-order valence-corrected chi connectivity index (χ4v) is 2.02. The Kier molecular flexibility index (Phi) is 4.45. The third-order valence-corrected chi connectivity index (χ3v) is 3.19. The third kappa shape index (κ3) is 3.20. The number of rotatable bonds is 5. The van der Waals surface area contributed by atoms with Gasteiger partial charge in [0, 0.05) is 23.9 Å². The Labute approximate surface area is 119 Å². The molecule has 0 atom stereocenters. The van der Waals surface area contributed by atoms with E-state index in [-0.39, 0.29) is 0 Å². The normalized spacial score (nSPS) is 10.2. The number of nitrogens with zero attached hydrogens (tertiary/aromatic N) is 1. The van der Waals surface area contributed by atoms with Gasteiger partial charge in [-0.2, -0.15) is 0 Å². The highest BCUT2D eigenvalue weighted by molar-refractivity contribution is 5.52. The highest BCUT2D eigenvalue weighted by Gasteiger charge is 2.07. The zero-order chi connectivity index (χ0) is 14.5. The van der Waals surface area contributed by atoms with Crippen LogP contribution in [0.1, 0.15) is 16.8 Å². The lowest BCUT2D eigenvalue weighted by Crippen LogP contribution is -2.05. The first-order chi connectivity index (χ1) is 9.63. The van der Waals surface area contributed by atoms with Crippen molar-refractivity contribution in [2.24, 2.45) is 0 Å². The van der Waals surface area contributed by atoms with Gasteiger partial charge < -0.3 is 14.8 Å². The summed E-state index contributed by atoms with van der Waals surface area (Å²) in [5, 5.41) is 3.35. The van der Waals surface area contributed by atoms with E-state index in [0.717, 1.165) is 28.6 Å². The monoisotopic (exact) mass is 272 g/mol. The van der Waals surface area contributed by atoms with E-state index in [4.69, 9.17) is 9.47 Å². The first-order valence-electron chi connectivity index (χ1n) is 6.53. The van der Waals surface area contributed by atoms with Crippen LogP contribution in [-0.4, -0.2) is 19.2 Å². The van der Waals surface area contributed by atoms with Crippen LogP contribution in [0.2, 0.25) is 0 Å². The second-order valence-corrected chi connectivity index (χ2v) is 4.64. The highest BCUT2D eigenvalue weighted by atomic mass is 16.5. The average Bonchev–Trinajstić information content (AvgIpc) is 2.48. The molecule has 2 aromatic rings. The minimum Gasteiger partial charge on any atom is -0.497 e. The summed E-state index contributed by atoms with van der Waals surface area (Å²) in [4.78, 5) is 4.51. The van der Waals surface area contributed by atoms with E-state index in [1.54, 1.807) is 14.2 Å². The molecule has 1 aromatic heterocycles. The summed E-state index contributed by atoms with van der Waals surface area (Å²) in [6, 6.07) is 9.92. The van der Waals surface area contributed by atoms with Gasteiger partial charge in [-0.1, -0.05) is 12.1 Å². The van der Waals surface area contributed by atoms with Crippen molar-refractivity contribution >= 4 is 5.82 Å². The van der Waals surface area contributed by atoms with Crippen LogP contribution in [0.5, 0.6) is 11.5 Å². The maximum Gasteiger partial charge on any atom is 0.133 e. The van der Waals surface area contributed by atoms with Crippen molar-refractivity contribution in [1.82, 2.24) is 4.98 Å². The Morgan fingerprint density at radius 1 is 1.05 bits per heavy atom. The first-order valence-corrected chi connectivity index (χ1v) is 6.53. The fraction of sp³-hybridized carbons (Fsp3) is 0.312. The highest BCUT2D eigenvalue weighted by Crippen LogP contribution is 2.25. The van der Waals surface area contributed by atoms with Gasteiger partial charge in [-0.3, -0.25) is 0 Å². The van der Waals surface area contributed by atoms with Crippen molar-refractivity contribution in [3.05, 3.63) is 47.2 Å². The van der Waals surface area contributed by atoms with Crippen LogP contribution in [0, 0.1) is 13.8 Å². The van der Waals surface area contributed by atoms with Gasteiger partial charge in [0.1, 0.15) is 17.3 Å². The number of hydrogen-bond acceptors (Lipinski definition) is 4. The quantitative estimate of drug-likeness (QED) is 0.906. The van der Waals surface area contributed by atoms with Gasteiger partial charge in [0.25, 0.3) is 0 Å². The van der Waals surface area contributed by atoms with E-state index in [2.05, 4.69) is 10.3 Å². The molecule has 0 aliphatic heterocycles. The molecule has 0 spiro atoms. The number of anilines is 1. The van der Waals surface area contributed by atoms with Crippen LogP contribution in [-0.2, 0) is 6.54 Å². The maximum absolute atomic E-state index is 5.35. The largest absolute Gasteiger partial charge is 0.497 e. The van der Waals surface area contributed by atoms with Crippen LogP contribution in [0.3, 0.4) is 0 Å². The molecule has 106 valence electrons. The van der Waals surface area contributed by atoms with Crippen LogP contribution in [0.15, 0.2) is 30.3 Å². The third-order valence-electron chi connectivity index (χ3n) is 3.19. The molecule has 0 saturated heterocycles. The van der Waals surface area contributed by atoms with Gasteiger partial charge in [-0.05, 0) is 31.5 Å². The van der Waals surface area contributed by atoms with Gasteiger partial charge in [-0.15, -0.1) is 0 Å². The summed E-state index contributed by atoms with van der Waals surface area (Å²) in [5.74, 6) is 2.58. The molecule has 1 N–H and O–H groups in total. The molecule has 1 heterocycles. The summed E-state index contributed by atoms with van der Waals surface area (Å²) in [7, 11) is 3.34. The van der Waals surface area contributed by atoms with E-state index in [1.807, 2.05) is 44.2 Å². The lowest BCUT2D eigenvalue weighted by Gasteiger charge is -2.13. The van der Waals surface area contributed by atoms with Gasteiger partial charge in [0.15, 0.2) is 0 Å². The summed E-state index contributed by atoms with van der Waals surface area (Å²) in [6.45, 7) is 4.67. The van der Waals surface area contributed by atoms with Gasteiger partial charge in [0.05, 0.1) is 14.2 Å². The predicted octanol–water partition coefficient (Wildman–Crippen LogP) is 3.33. The number of ether oxygens (including phenoxy) is 2. The van der Waals surface area contributed by atoms with Gasteiger partial charge in [0.2, 0.25) is 0 Å². The molecule has 0 unspecified atom stereocenters. The zero-order valence-electron chi connectivity index (χ0n) is 12.4. The van der Waals surface area contributed by atoms with Gasteiger partial charge >= 0.3 is 0 Å². The summed E-state index contributed by atoms with van der Waals surface area (Å²) >= 11 is 0. The molecule has 2 rings (SSSR count). The Morgan fingerprint density at radius 2 is 1.75 bits per heavy atom. The van der Waals surface area contributed by atoms with Crippen molar-refractivity contribution in [3.8, 4) is 11.5 Å². The van der Waals surface area contributed by atoms with Crippen molar-refractivity contribution in [2.75, 3.05) is 19.5 Å². The molecule has 0 aliphatic rings. The van der Waals surface area contributed by atoms with E-state index in [0.29, 0.717) is 6.54 Å². The Bertz CT molecular complexity index is 580. The molecular formula is C16H20N2O2. The minimum atomic E-state index is 0.713. The number of hydrogen-bond donors (Lipinski definition) is 1. The Hall–Kier alpha value is -2.23. The second kappa shape index (κ2) is 6.28. The van der Waals surface area contributed by atoms with Crippen molar-refractivity contribution in [2.45, 2.75) is 20.4 Å². The van der Waals surface area contributed by atoms with Crippen LogP contribution >= 0.6 is 0 Å². The number of benzene rings is 1. The average molecular weight is 272 g/mol. The molecule has 0 radical (unpaired) electrons. The molecule has 20 heavy (non-hydrogen) atoms. The standard InChI is InChI=1S/C16H20N2O2/c1-11-9-15(20-4)12(2)16(18-11)17-10-13-5-7-14(19-3)8-6-13/h5-9H,10H2,1-4H3,(H,17,18). The van der Waals surface area contributed by atoms with Crippen LogP contribution in [0.25, 0.3) is 0 Å². The molecule has 0 amide bonds. The minimum absolute atomic E-state index is 0.713. The second-order valence-electron chi connectivity index (χ2n) is 4.64. The molecular weight excluding hydrogens is 252 g/mol. The van der Waals surface area contributed by atoms with Crippen molar-refractivity contribution in [1.29, 1.82) is 0 Å². The summed E-state index contributed by atoms with van der Waals surface area (Å²) < 4.78 is 10.5. The number of pyridine rings is 1. The topological polar surface area (TPSA) is 43.4 Å². The number of aryl methyl sites for hydroxylation is 1. The number of nitrogens with one attached hydrogen (secondary N) is 1. The molecule has 0 saturated carbocycles. The van der Waals surface area contributed by atoms with Crippen LogP contribution < -0.4 is 14.8 Å². The summed E-state index contributed by atoms with van der Waals surface area (Å²) in [6.07, 6.45) is 0. The van der Waals surface area contributed by atoms with E-state index in [1.165, 1.54) is 5.56 Å².